The Kier molecular flexibility index (Phi) is 3.35. The normalized spacial score (nSPS) is 38.4. The smallest absolute Gasteiger partial charge is 0 e. The molecule has 2 aliphatic heterocycles. The molecule has 2 saturated heterocycles. The summed E-state index contributed by atoms with van der Waals surface area (Å²) in [6, 6.07) is 0.728. The predicted octanol–water partition coefficient (Wildman–Crippen LogP) is 0.739. The summed E-state index contributed by atoms with van der Waals surface area (Å²) in [5.41, 5.74) is 0. The van der Waals surface area contributed by atoms with Crippen LogP contribution < -0.4 is 5.32 Å². The molecule has 0 spiro atoms. The van der Waals surface area contributed by atoms with Crippen LogP contribution in [0.5, 0.6) is 0 Å². The first kappa shape index (κ1) is 8.70. The van der Waals surface area contributed by atoms with Crippen molar-refractivity contribution in [3.8, 4) is 0 Å². The second-order valence-corrected chi connectivity index (χ2v) is 3.02. The molecule has 1 N–H and O–H groups in total. The molecule has 0 radical (unpaired) electrons. The maximum Gasteiger partial charge on any atom is 0 e. The first-order chi connectivity index (χ1) is 4.47. The zero-order valence-corrected chi connectivity index (χ0v) is 8.98. The number of hydrogen-bond acceptors (Lipinski definition) is 1. The van der Waals surface area contributed by atoms with Gasteiger partial charge in [-0.05, 0) is 19.0 Å². The Morgan fingerprint density at radius 2 is 2.20 bits per heavy atom. The molecule has 0 aromatic rings. The third kappa shape index (κ3) is 1.61. The number of nitrogens with one attached hydrogen (secondary N) is 1. The van der Waals surface area contributed by atoms with Crippen LogP contribution >= 0.6 is 0 Å². The molecule has 0 aromatic carbocycles. The average Bonchev–Trinajstić information content (AvgIpc) is 2.33. The molecule has 0 aliphatic carbocycles. The molecule has 2 unspecified atom stereocenters. The molecule has 2 aliphatic rings. The van der Waals surface area contributed by atoms with E-state index in [1.807, 2.05) is 0 Å². The minimum absolute atomic E-state index is 0. The van der Waals surface area contributed by atoms with Crippen LogP contribution in [0.4, 0.5) is 0 Å². The second-order valence-electron chi connectivity index (χ2n) is 3.02. The van der Waals surface area contributed by atoms with Crippen LogP contribution in [0.25, 0.3) is 5.32 Å². The zero-order valence-electron chi connectivity index (χ0n) is 6.05. The van der Waals surface area contributed by atoms with Crippen molar-refractivity contribution in [2.75, 3.05) is 19.6 Å². The Hall–Kier alpha value is 0.608. The fourth-order valence-corrected chi connectivity index (χ4v) is 1.85. The average molecular weight is 309 g/mol. The number of nitrogens with zero attached hydrogens (tertiary/aromatic N) is 1. The van der Waals surface area contributed by atoms with E-state index in [9.17, 15) is 0 Å². The summed E-state index contributed by atoms with van der Waals surface area (Å²) in [5.74, 6) is 0.888. The first-order valence-electron chi connectivity index (χ1n) is 3.84. The van der Waals surface area contributed by atoms with Crippen LogP contribution in [-0.2, 0) is 21.1 Å². The summed E-state index contributed by atoms with van der Waals surface area (Å²) in [4.78, 5) is 0. The van der Waals surface area contributed by atoms with Crippen LogP contribution in [0.3, 0.4) is 0 Å². The molecule has 58 valence electrons. The van der Waals surface area contributed by atoms with Gasteiger partial charge in [0.25, 0.3) is 0 Å². The maximum atomic E-state index is 4.52. The summed E-state index contributed by atoms with van der Waals surface area (Å²) in [7, 11) is 0. The largest absolute Gasteiger partial charge is 0.659 e. The molecule has 2 fully saturated rings. The minimum atomic E-state index is 0. The van der Waals surface area contributed by atoms with Gasteiger partial charge in [0.2, 0.25) is 0 Å². The van der Waals surface area contributed by atoms with Crippen molar-refractivity contribution in [3.05, 3.63) is 5.32 Å². The summed E-state index contributed by atoms with van der Waals surface area (Å²) >= 11 is 0. The van der Waals surface area contributed by atoms with Crippen molar-refractivity contribution in [2.24, 2.45) is 5.92 Å². The number of rotatable bonds is 0. The second kappa shape index (κ2) is 3.84. The van der Waals surface area contributed by atoms with Gasteiger partial charge in [-0.1, -0.05) is 12.8 Å². The van der Waals surface area contributed by atoms with Crippen molar-refractivity contribution in [3.63, 3.8) is 0 Å². The van der Waals surface area contributed by atoms with Crippen LogP contribution in [0.1, 0.15) is 12.8 Å². The van der Waals surface area contributed by atoms with E-state index in [2.05, 4.69) is 10.6 Å². The molecule has 0 aromatic heterocycles. The molecular weight excluding hydrogens is 296 g/mol. The van der Waals surface area contributed by atoms with Crippen LogP contribution in [-0.4, -0.2) is 25.7 Å². The van der Waals surface area contributed by atoms with Gasteiger partial charge in [-0.15, -0.1) is 12.6 Å². The zero-order chi connectivity index (χ0) is 6.10. The quantitative estimate of drug-likeness (QED) is 0.702. The van der Waals surface area contributed by atoms with Crippen LogP contribution in [0, 0.1) is 5.92 Å². The van der Waals surface area contributed by atoms with Crippen LogP contribution in [0.15, 0.2) is 0 Å². The molecule has 2 heterocycles. The van der Waals surface area contributed by atoms with Crippen molar-refractivity contribution in [1.29, 1.82) is 0 Å². The van der Waals surface area contributed by atoms with Gasteiger partial charge in [0.05, 0.1) is 0 Å². The SMILES string of the molecule is C1CC2CNCCC2[N-]1.[W]. The summed E-state index contributed by atoms with van der Waals surface area (Å²) in [6.45, 7) is 3.52. The van der Waals surface area contributed by atoms with E-state index < -0.39 is 0 Å². The molecule has 0 amide bonds. The molecule has 0 saturated carbocycles. The van der Waals surface area contributed by atoms with Crippen LogP contribution in [0.2, 0.25) is 0 Å². The van der Waals surface area contributed by atoms with E-state index in [0.717, 1.165) is 18.5 Å². The minimum Gasteiger partial charge on any atom is -0.659 e. The van der Waals surface area contributed by atoms with Crippen molar-refractivity contribution in [2.45, 2.75) is 18.9 Å². The Balaban J connectivity index is 0.000000500. The van der Waals surface area contributed by atoms with E-state index >= 15 is 0 Å². The Morgan fingerprint density at radius 1 is 1.30 bits per heavy atom. The van der Waals surface area contributed by atoms with E-state index in [4.69, 9.17) is 0 Å². The Bertz CT molecular complexity index is 95.8. The number of fused-ring (bicyclic) bond motifs is 1. The first-order valence-corrected chi connectivity index (χ1v) is 3.84. The molecular formula is C7H13N2W-. The molecule has 3 heteroatoms. The van der Waals surface area contributed by atoms with Crippen molar-refractivity contribution >= 4 is 0 Å². The summed E-state index contributed by atoms with van der Waals surface area (Å²) in [6.07, 6.45) is 2.61. The van der Waals surface area contributed by atoms with Gasteiger partial charge in [0.15, 0.2) is 0 Å². The topological polar surface area (TPSA) is 26.1 Å². The standard InChI is InChI=1S/C7H13N2.W/c1-4-9-7-2-3-8-5-6(1)7;/h6-8H,1-5H2;/q-1;. The molecule has 2 nitrogen and oxygen atoms in total. The van der Waals surface area contributed by atoms with Gasteiger partial charge in [0, 0.05) is 21.1 Å². The fourth-order valence-electron chi connectivity index (χ4n) is 1.85. The maximum absolute atomic E-state index is 4.52. The summed E-state index contributed by atoms with van der Waals surface area (Å²) in [5, 5.41) is 7.91. The van der Waals surface area contributed by atoms with E-state index in [1.165, 1.54) is 25.9 Å². The van der Waals surface area contributed by atoms with Gasteiger partial charge < -0.3 is 10.6 Å². The van der Waals surface area contributed by atoms with E-state index in [1.54, 1.807) is 0 Å². The molecule has 10 heavy (non-hydrogen) atoms. The van der Waals surface area contributed by atoms with Gasteiger partial charge in [0.1, 0.15) is 0 Å². The Morgan fingerprint density at radius 3 is 3.00 bits per heavy atom. The predicted molar refractivity (Wildman–Crippen MR) is 37.6 cm³/mol. The van der Waals surface area contributed by atoms with E-state index in [-0.39, 0.29) is 21.1 Å². The summed E-state index contributed by atoms with van der Waals surface area (Å²) < 4.78 is 0. The van der Waals surface area contributed by atoms with E-state index in [0.29, 0.717) is 0 Å². The molecule has 2 atom stereocenters. The van der Waals surface area contributed by atoms with Crippen molar-refractivity contribution < 1.29 is 21.1 Å². The number of piperidine rings is 1. The van der Waals surface area contributed by atoms with Gasteiger partial charge >= 0.3 is 0 Å². The fraction of sp³-hybridized carbons (Fsp3) is 1.00. The van der Waals surface area contributed by atoms with Gasteiger partial charge in [-0.3, -0.25) is 0 Å². The third-order valence-corrected chi connectivity index (χ3v) is 2.43. The number of hydrogen-bond donors (Lipinski definition) is 1. The monoisotopic (exact) mass is 309 g/mol. The van der Waals surface area contributed by atoms with Gasteiger partial charge in [-0.2, -0.15) is 0 Å². The third-order valence-electron chi connectivity index (χ3n) is 2.43. The van der Waals surface area contributed by atoms with Gasteiger partial charge in [-0.25, -0.2) is 0 Å². The molecule has 0 bridgehead atoms. The molecule has 2 rings (SSSR count). The Labute approximate surface area is 76.4 Å². The van der Waals surface area contributed by atoms with Crippen molar-refractivity contribution in [1.82, 2.24) is 5.32 Å².